The third-order valence-electron chi connectivity index (χ3n) is 5.07. The van der Waals surface area contributed by atoms with Crippen molar-refractivity contribution in [2.75, 3.05) is 38.0 Å². The van der Waals surface area contributed by atoms with Gasteiger partial charge >= 0.3 is 4.96 Å². The molecule has 0 radical (unpaired) electrons. The zero-order valence-electron chi connectivity index (χ0n) is 20.6. The van der Waals surface area contributed by atoms with E-state index in [1.54, 1.807) is 0 Å². The van der Waals surface area contributed by atoms with Crippen LogP contribution in [-0.4, -0.2) is 38.3 Å². The summed E-state index contributed by atoms with van der Waals surface area (Å²) in [7, 11) is 3.22. The first-order chi connectivity index (χ1) is 17.4. The summed E-state index contributed by atoms with van der Waals surface area (Å²) in [4.78, 5) is 9.77. The molecule has 9 nitrogen and oxygen atoms in total. The molecule has 0 aliphatic rings. The number of hydrogen-bond donors (Lipinski definition) is 1. The Kier molecular flexibility index (Phi) is 9.51. The number of rotatable bonds is 6. The fourth-order valence-electron chi connectivity index (χ4n) is 3.24. The van der Waals surface area contributed by atoms with Crippen LogP contribution in [0.3, 0.4) is 0 Å². The van der Waals surface area contributed by atoms with E-state index >= 15 is 0 Å². The largest absolute Gasteiger partial charge is 0.409 e. The van der Waals surface area contributed by atoms with Crippen LogP contribution in [0.15, 0.2) is 54.6 Å². The van der Waals surface area contributed by atoms with Gasteiger partial charge in [-0.2, -0.15) is 0 Å². The molecule has 12 heteroatoms. The number of nitrogens with zero attached hydrogens (tertiary/aromatic N) is 4. The predicted molar refractivity (Wildman–Crippen MR) is 140 cm³/mol. The first-order valence-electron chi connectivity index (χ1n) is 10.9. The second-order valence-electron chi connectivity index (χ2n) is 8.24. The van der Waals surface area contributed by atoms with Crippen molar-refractivity contribution in [2.24, 2.45) is 0 Å². The average Bonchev–Trinajstić information content (AvgIpc) is 3.21. The van der Waals surface area contributed by atoms with Crippen molar-refractivity contribution < 1.29 is 33.4 Å². The molecule has 4 aromatic rings. The molecular weight excluding hydrogens is 534 g/mol. The summed E-state index contributed by atoms with van der Waals surface area (Å²) in [5.41, 5.74) is 6.49. The minimum Gasteiger partial charge on any atom is -0.378 e. The molecule has 0 atom stereocenters. The van der Waals surface area contributed by atoms with Gasteiger partial charge in [0.2, 0.25) is 0 Å². The number of hydrogen-bond acceptors (Lipinski definition) is 9. The molecule has 0 spiro atoms. The highest BCUT2D eigenvalue weighted by Crippen LogP contribution is 2.17. The number of anilines is 2. The molecule has 0 unspecified atom stereocenters. The summed E-state index contributed by atoms with van der Waals surface area (Å²) in [5.74, 6) is 0. The van der Waals surface area contributed by atoms with Crippen LogP contribution in [0.4, 0.5) is 11.4 Å². The Labute approximate surface area is 226 Å². The second-order valence-corrected chi connectivity index (χ2v) is 10.6. The smallest absolute Gasteiger partial charge is 0.378 e. The van der Waals surface area contributed by atoms with Gasteiger partial charge in [0.05, 0.1) is 0 Å². The number of halogens is 1. The number of aromatic amines is 1. The number of nitrogens with one attached hydrogen (secondary N) is 1. The molecule has 4 rings (SSSR count). The lowest BCUT2D eigenvalue weighted by atomic mass is 10.1. The van der Waals surface area contributed by atoms with Gasteiger partial charge in [0, 0.05) is 45.6 Å². The Morgan fingerprint density at radius 2 is 1.27 bits per heavy atom. The van der Waals surface area contributed by atoms with Crippen molar-refractivity contribution in [3.8, 4) is 0 Å². The van der Waals surface area contributed by atoms with E-state index in [2.05, 4.69) is 87.7 Å². The van der Waals surface area contributed by atoms with Gasteiger partial charge in [0.1, 0.15) is 0 Å². The topological polar surface area (TPSA) is 132 Å². The van der Waals surface area contributed by atoms with Crippen LogP contribution >= 0.6 is 23.6 Å². The zero-order chi connectivity index (χ0) is 27.2. The highest BCUT2D eigenvalue weighted by Gasteiger charge is 2.14. The monoisotopic (exact) mass is 559 g/mol. The Morgan fingerprint density at radius 1 is 0.811 bits per heavy atom. The summed E-state index contributed by atoms with van der Waals surface area (Å²) >= 11 is 6.82. The summed E-state index contributed by atoms with van der Waals surface area (Å²) < 4.78 is 36.6. The molecular formula is C25H26ClN5O4S2. The van der Waals surface area contributed by atoms with E-state index in [-0.39, 0.29) is 0 Å². The van der Waals surface area contributed by atoms with Gasteiger partial charge < -0.3 is 9.80 Å². The standard InChI is InChI=1S/C25H25N5S2.ClHO4/c1-28(2)21-12-6-18(7-13-21)5-11-20-17-23(30-24(26-20)32-25(31)27-30)16-10-19-8-14-22(15-9-19)29(3)4;2-1(3,4)5/h5-17H,1-4H3;(H,2,3,4,5). The van der Waals surface area contributed by atoms with Crippen LogP contribution in [-0.2, 0) is 0 Å². The Balaban J connectivity index is 0.000000695. The van der Waals surface area contributed by atoms with Gasteiger partial charge in [-0.25, -0.2) is 23.7 Å². The Hall–Kier alpha value is -3.16. The molecule has 0 aliphatic heterocycles. The number of fused-ring (bicyclic) bond motifs is 1. The van der Waals surface area contributed by atoms with Crippen molar-refractivity contribution in [1.29, 1.82) is 0 Å². The van der Waals surface area contributed by atoms with Gasteiger partial charge in [-0.05, 0) is 76.1 Å². The molecule has 194 valence electrons. The van der Waals surface area contributed by atoms with Crippen molar-refractivity contribution in [2.45, 2.75) is 0 Å². The summed E-state index contributed by atoms with van der Waals surface area (Å²) in [5, 5.41) is 3.21. The minimum atomic E-state index is -4.94. The molecule has 0 saturated heterocycles. The second kappa shape index (κ2) is 12.4. The van der Waals surface area contributed by atoms with E-state index in [1.807, 2.05) is 38.8 Å². The molecule has 0 bridgehead atoms. The SMILES string of the molecule is CN(C)c1ccc(/C=C/c2cc(/C=C/c3ccc(N(C)C)cc3)[n+]3[nH]c(=S)sc3n2)cc1.[O-][Cl+3]([O-])([O-])[O-]. The maximum Gasteiger partial charge on any atom is 0.409 e. The van der Waals surface area contributed by atoms with Crippen LogP contribution in [0.5, 0.6) is 0 Å². The molecule has 0 amide bonds. The molecule has 1 N–H and O–H groups in total. The summed E-state index contributed by atoms with van der Waals surface area (Å²) in [6.45, 7) is 0. The quantitative estimate of drug-likeness (QED) is 0.269. The first kappa shape index (κ1) is 28.4. The number of benzene rings is 2. The number of H-pyrrole nitrogens is 1. The van der Waals surface area contributed by atoms with Gasteiger partial charge in [0.25, 0.3) is 0 Å². The Morgan fingerprint density at radius 3 is 1.73 bits per heavy atom. The molecule has 0 saturated carbocycles. The van der Waals surface area contributed by atoms with E-state index in [0.717, 1.165) is 27.5 Å². The van der Waals surface area contributed by atoms with E-state index in [0.29, 0.717) is 3.95 Å². The van der Waals surface area contributed by atoms with E-state index < -0.39 is 10.2 Å². The molecule has 2 aromatic heterocycles. The van der Waals surface area contributed by atoms with Crippen molar-refractivity contribution in [1.82, 2.24) is 10.1 Å². The summed E-state index contributed by atoms with van der Waals surface area (Å²) in [6, 6.07) is 19.0. The molecule has 2 heterocycles. The predicted octanol–water partition coefficient (Wildman–Crippen LogP) is 0.656. The fraction of sp³-hybridized carbons (Fsp3) is 0.160. The van der Waals surface area contributed by atoms with E-state index in [1.165, 1.54) is 22.7 Å². The van der Waals surface area contributed by atoms with E-state index in [4.69, 9.17) is 35.8 Å². The molecule has 2 aromatic carbocycles. The fourth-order valence-corrected chi connectivity index (χ4v) is 4.25. The maximum absolute atomic E-state index is 8.49. The molecule has 0 fully saturated rings. The van der Waals surface area contributed by atoms with Gasteiger partial charge in [-0.3, -0.25) is 0 Å². The van der Waals surface area contributed by atoms with Gasteiger partial charge in [-0.15, -0.1) is 14.8 Å². The van der Waals surface area contributed by atoms with Gasteiger partial charge in [-0.1, -0.05) is 36.4 Å². The van der Waals surface area contributed by atoms with Crippen molar-refractivity contribution in [3.63, 3.8) is 0 Å². The normalized spacial score (nSPS) is 11.7. The van der Waals surface area contributed by atoms with Gasteiger partial charge in [0.15, 0.2) is 15.3 Å². The minimum absolute atomic E-state index is 0.697. The van der Waals surface area contributed by atoms with E-state index in [9.17, 15) is 0 Å². The zero-order valence-corrected chi connectivity index (χ0v) is 23.0. The van der Waals surface area contributed by atoms with Crippen LogP contribution in [0, 0.1) is 14.2 Å². The van der Waals surface area contributed by atoms with Crippen molar-refractivity contribution >= 4 is 64.2 Å². The highest BCUT2D eigenvalue weighted by atomic mass is 35.7. The Bertz CT molecular complexity index is 1440. The van der Waals surface area contributed by atoms with Crippen molar-refractivity contribution in [3.05, 3.63) is 81.1 Å². The third kappa shape index (κ3) is 9.02. The lowest BCUT2D eigenvalue weighted by Crippen LogP contribution is -2.68. The summed E-state index contributed by atoms with van der Waals surface area (Å²) in [6.07, 6.45) is 8.30. The molecule has 37 heavy (non-hydrogen) atoms. The van der Waals surface area contributed by atoms with Crippen LogP contribution in [0.1, 0.15) is 22.5 Å². The first-order valence-corrected chi connectivity index (χ1v) is 13.3. The van der Waals surface area contributed by atoms with Crippen LogP contribution < -0.4 is 33.0 Å². The highest BCUT2D eigenvalue weighted by molar-refractivity contribution is 7.73. The maximum atomic E-state index is 8.49. The van der Waals surface area contributed by atoms with Crippen LogP contribution in [0.25, 0.3) is 29.3 Å². The average molecular weight is 560 g/mol. The molecule has 0 aliphatic carbocycles. The lowest BCUT2D eigenvalue weighted by Gasteiger charge is -2.17. The third-order valence-corrected chi connectivity index (χ3v) is 6.14. The van der Waals surface area contributed by atoms with Crippen LogP contribution in [0.2, 0.25) is 0 Å². The lowest BCUT2D eigenvalue weighted by molar-refractivity contribution is -2.00. The number of aromatic nitrogens is 3.